The highest BCUT2D eigenvalue weighted by Crippen LogP contribution is 2.33. The molecular formula is C23H27F4N3O3S. The number of aryl methyl sites for hydroxylation is 2. The lowest BCUT2D eigenvalue weighted by Gasteiger charge is -2.11. The van der Waals surface area contributed by atoms with Crippen molar-refractivity contribution in [2.24, 2.45) is 0 Å². The average molecular weight is 502 g/mol. The number of carbonyl (C=O) groups excluding carboxylic acids is 2. The number of methoxy groups -OCH3 is 1. The second kappa shape index (κ2) is 12.9. The first-order chi connectivity index (χ1) is 16.1. The van der Waals surface area contributed by atoms with Gasteiger partial charge in [0.15, 0.2) is 0 Å². The first kappa shape index (κ1) is 28.8. The predicted octanol–water partition coefficient (Wildman–Crippen LogP) is 6.28. The number of rotatable bonds is 5. The van der Waals surface area contributed by atoms with E-state index >= 15 is 0 Å². The standard InChI is InChI=1S/C20H18F3N3O3S.C2H6.CH3F/c1-11-4-6-13(7-5-11)18(27)24-14-10-30-15(17(14)19(28)29-3)9-26-16(20(21,22)23)8-12(2)25-26;2*1-2/h4-8,10H,9H2,1-3H3,(H,24,27);1-2H3;1H3. The van der Waals surface area contributed by atoms with E-state index in [1.54, 1.807) is 24.3 Å². The van der Waals surface area contributed by atoms with Gasteiger partial charge < -0.3 is 10.1 Å². The van der Waals surface area contributed by atoms with Crippen molar-refractivity contribution >= 4 is 28.9 Å². The zero-order valence-corrected chi connectivity index (χ0v) is 20.5. The van der Waals surface area contributed by atoms with Crippen molar-refractivity contribution in [2.75, 3.05) is 19.6 Å². The molecule has 3 rings (SSSR count). The van der Waals surface area contributed by atoms with Crippen LogP contribution in [0.25, 0.3) is 0 Å². The van der Waals surface area contributed by atoms with Gasteiger partial charge in [-0.1, -0.05) is 31.5 Å². The fraction of sp³-hybridized carbons (Fsp3) is 0.348. The van der Waals surface area contributed by atoms with Gasteiger partial charge in [0.25, 0.3) is 5.91 Å². The van der Waals surface area contributed by atoms with E-state index in [9.17, 15) is 27.2 Å². The number of carbonyl (C=O) groups is 2. The van der Waals surface area contributed by atoms with Crippen molar-refractivity contribution in [3.63, 3.8) is 0 Å². The molecule has 2 heterocycles. The molecule has 0 aliphatic heterocycles. The van der Waals surface area contributed by atoms with Gasteiger partial charge in [-0.05, 0) is 32.0 Å². The van der Waals surface area contributed by atoms with Gasteiger partial charge in [-0.25, -0.2) is 4.79 Å². The highest BCUT2D eigenvalue weighted by Gasteiger charge is 2.36. The molecule has 11 heteroatoms. The minimum atomic E-state index is -4.59. The average Bonchev–Trinajstić information content (AvgIpc) is 3.39. The molecular weight excluding hydrogens is 474 g/mol. The molecule has 1 amide bonds. The van der Waals surface area contributed by atoms with Gasteiger partial charge in [-0.2, -0.15) is 18.3 Å². The maximum atomic E-state index is 13.3. The topological polar surface area (TPSA) is 73.2 Å². The molecule has 0 atom stereocenters. The van der Waals surface area contributed by atoms with E-state index in [4.69, 9.17) is 4.74 Å². The largest absolute Gasteiger partial charge is 0.465 e. The van der Waals surface area contributed by atoms with Crippen LogP contribution in [0.1, 0.15) is 56.4 Å². The van der Waals surface area contributed by atoms with Crippen LogP contribution in [0, 0.1) is 13.8 Å². The first-order valence-corrected chi connectivity index (χ1v) is 11.0. The van der Waals surface area contributed by atoms with Crippen LogP contribution in [-0.2, 0) is 17.5 Å². The van der Waals surface area contributed by atoms with Crippen LogP contribution in [0.5, 0.6) is 0 Å². The summed E-state index contributed by atoms with van der Waals surface area (Å²) in [5, 5.41) is 8.02. The number of amides is 1. The molecule has 0 saturated carbocycles. The molecule has 34 heavy (non-hydrogen) atoms. The number of nitrogens with zero attached hydrogens (tertiary/aromatic N) is 2. The fourth-order valence-electron chi connectivity index (χ4n) is 2.86. The Morgan fingerprint density at radius 2 is 1.71 bits per heavy atom. The minimum Gasteiger partial charge on any atom is -0.465 e. The lowest BCUT2D eigenvalue weighted by molar-refractivity contribution is -0.144. The summed E-state index contributed by atoms with van der Waals surface area (Å²) in [6.45, 7) is 7.04. The van der Waals surface area contributed by atoms with E-state index in [-0.39, 0.29) is 28.4 Å². The second-order valence-electron chi connectivity index (χ2n) is 6.59. The Kier molecular flexibility index (Phi) is 10.9. The first-order valence-electron chi connectivity index (χ1n) is 10.2. The van der Waals surface area contributed by atoms with Crippen LogP contribution < -0.4 is 5.32 Å². The molecule has 0 saturated heterocycles. The van der Waals surface area contributed by atoms with Crippen LogP contribution in [0.4, 0.5) is 23.2 Å². The number of aromatic nitrogens is 2. The number of halogens is 4. The summed E-state index contributed by atoms with van der Waals surface area (Å²) in [5.74, 6) is -1.21. The van der Waals surface area contributed by atoms with Gasteiger partial charge in [0.2, 0.25) is 0 Å². The number of esters is 1. The van der Waals surface area contributed by atoms with Crippen LogP contribution in [0.15, 0.2) is 35.7 Å². The zero-order valence-electron chi connectivity index (χ0n) is 19.7. The number of thiophene rings is 1. The van der Waals surface area contributed by atoms with Crippen molar-refractivity contribution < 1.29 is 31.9 Å². The number of anilines is 1. The fourth-order valence-corrected chi connectivity index (χ4v) is 3.81. The van der Waals surface area contributed by atoms with E-state index in [2.05, 4.69) is 10.4 Å². The Morgan fingerprint density at radius 3 is 2.24 bits per heavy atom. The summed E-state index contributed by atoms with van der Waals surface area (Å²) >= 11 is 1.04. The lowest BCUT2D eigenvalue weighted by Crippen LogP contribution is -2.17. The maximum Gasteiger partial charge on any atom is 0.433 e. The van der Waals surface area contributed by atoms with Crippen LogP contribution >= 0.6 is 11.3 Å². The smallest absolute Gasteiger partial charge is 0.433 e. The third-order valence-electron chi connectivity index (χ3n) is 4.30. The van der Waals surface area contributed by atoms with Crippen LogP contribution in [0.2, 0.25) is 0 Å². The molecule has 0 radical (unpaired) electrons. The molecule has 1 N–H and O–H groups in total. The van der Waals surface area contributed by atoms with E-state index in [1.807, 2.05) is 20.8 Å². The summed E-state index contributed by atoms with van der Waals surface area (Å²) in [6.07, 6.45) is -4.59. The van der Waals surface area contributed by atoms with Crippen molar-refractivity contribution in [3.05, 3.63) is 68.7 Å². The van der Waals surface area contributed by atoms with E-state index in [0.29, 0.717) is 12.7 Å². The Morgan fingerprint density at radius 1 is 1.12 bits per heavy atom. The molecule has 0 spiro atoms. The summed E-state index contributed by atoms with van der Waals surface area (Å²) in [4.78, 5) is 25.1. The van der Waals surface area contributed by atoms with Gasteiger partial charge in [-0.3, -0.25) is 13.9 Å². The number of nitrogens with one attached hydrogen (secondary N) is 1. The Labute approximate surface area is 199 Å². The number of hydrogen-bond acceptors (Lipinski definition) is 5. The lowest BCUT2D eigenvalue weighted by atomic mass is 10.1. The van der Waals surface area contributed by atoms with Crippen molar-refractivity contribution in [1.29, 1.82) is 0 Å². The van der Waals surface area contributed by atoms with Crippen LogP contribution in [-0.4, -0.2) is 35.9 Å². The monoisotopic (exact) mass is 501 g/mol. The highest BCUT2D eigenvalue weighted by atomic mass is 32.1. The van der Waals surface area contributed by atoms with Crippen molar-refractivity contribution in [3.8, 4) is 0 Å². The number of alkyl halides is 4. The number of hydrogen-bond donors (Lipinski definition) is 1. The van der Waals surface area contributed by atoms with Crippen LogP contribution in [0.3, 0.4) is 0 Å². The molecule has 0 bridgehead atoms. The number of ether oxygens (including phenoxy) is 1. The van der Waals surface area contributed by atoms with Gasteiger partial charge in [0, 0.05) is 15.8 Å². The van der Waals surface area contributed by atoms with Gasteiger partial charge in [-0.15, -0.1) is 11.3 Å². The molecule has 1 aromatic carbocycles. The normalized spacial score (nSPS) is 10.4. The molecule has 0 aliphatic carbocycles. The van der Waals surface area contributed by atoms with Gasteiger partial charge >= 0.3 is 12.1 Å². The highest BCUT2D eigenvalue weighted by molar-refractivity contribution is 7.10. The molecule has 0 unspecified atom stereocenters. The summed E-state index contributed by atoms with van der Waals surface area (Å²) < 4.78 is 54.9. The van der Waals surface area contributed by atoms with Crippen molar-refractivity contribution in [2.45, 2.75) is 40.4 Å². The zero-order chi connectivity index (χ0) is 26.1. The molecule has 0 fully saturated rings. The third kappa shape index (κ3) is 7.14. The minimum absolute atomic E-state index is 0.00393. The third-order valence-corrected chi connectivity index (χ3v) is 5.28. The Hall–Kier alpha value is -3.21. The van der Waals surface area contributed by atoms with E-state index in [1.165, 1.54) is 12.3 Å². The van der Waals surface area contributed by atoms with Gasteiger partial charge in [0.1, 0.15) is 5.69 Å². The molecule has 3 aromatic rings. The summed E-state index contributed by atoms with van der Waals surface area (Å²) in [6, 6.07) is 7.75. The molecule has 2 aromatic heterocycles. The number of benzene rings is 1. The van der Waals surface area contributed by atoms with Gasteiger partial charge in [0.05, 0.1) is 37.8 Å². The molecule has 0 aliphatic rings. The predicted molar refractivity (Wildman–Crippen MR) is 124 cm³/mol. The van der Waals surface area contributed by atoms with Crippen molar-refractivity contribution in [1.82, 2.24) is 9.78 Å². The molecule has 186 valence electrons. The van der Waals surface area contributed by atoms with E-state index in [0.717, 1.165) is 34.8 Å². The Balaban J connectivity index is 0.00000137. The Bertz CT molecular complexity index is 1090. The quantitative estimate of drug-likeness (QED) is 0.330. The SMILES string of the molecule is CC.CF.COC(=O)c1c(NC(=O)c2ccc(C)cc2)csc1Cn1nc(C)cc1C(F)(F)F. The second-order valence-corrected chi connectivity index (χ2v) is 7.55. The summed E-state index contributed by atoms with van der Waals surface area (Å²) in [7, 11) is 1.66. The summed E-state index contributed by atoms with van der Waals surface area (Å²) in [5.41, 5.74) is 0.816. The molecule has 6 nitrogen and oxygen atoms in total. The van der Waals surface area contributed by atoms with E-state index < -0.39 is 23.7 Å². The maximum absolute atomic E-state index is 13.3.